The lowest BCUT2D eigenvalue weighted by atomic mass is 10.2. The first-order chi connectivity index (χ1) is 8.08. The summed E-state index contributed by atoms with van der Waals surface area (Å²) in [4.78, 5) is 20.0. The molecule has 1 heterocycles. The highest BCUT2D eigenvalue weighted by Gasteiger charge is 2.19. The molecule has 2 rings (SSSR count). The highest BCUT2D eigenvalue weighted by molar-refractivity contribution is 6.33. The molecule has 90 valence electrons. The Labute approximate surface area is 98.0 Å². The Morgan fingerprint density at radius 2 is 1.59 bits per heavy atom. The van der Waals surface area contributed by atoms with Gasteiger partial charge in [-0.3, -0.25) is 9.59 Å². The van der Waals surface area contributed by atoms with E-state index in [1.807, 2.05) is 6.07 Å². The van der Waals surface area contributed by atoms with Crippen LogP contribution in [0.15, 0.2) is 30.3 Å². The molecule has 1 aromatic rings. The molecule has 2 N–H and O–H groups in total. The van der Waals surface area contributed by atoms with Crippen molar-refractivity contribution in [3.05, 3.63) is 30.3 Å². The average Bonchev–Trinajstić information content (AvgIpc) is 2.64. The Balaban J connectivity index is 0.000000181. The second kappa shape index (κ2) is 6.67. The van der Waals surface area contributed by atoms with Gasteiger partial charge < -0.3 is 19.4 Å². The number of carbonyl (C=O) groups excluding carboxylic acids is 2. The van der Waals surface area contributed by atoms with Gasteiger partial charge in [-0.25, -0.2) is 0 Å². The van der Waals surface area contributed by atoms with Crippen LogP contribution in [0.5, 0.6) is 5.75 Å². The van der Waals surface area contributed by atoms with Crippen molar-refractivity contribution in [3.8, 4) is 5.75 Å². The van der Waals surface area contributed by atoms with Gasteiger partial charge in [0.15, 0.2) is 0 Å². The maximum absolute atomic E-state index is 10.0. The Kier molecular flexibility index (Phi) is 5.18. The number of rotatable bonds is 2. The minimum atomic E-state index is -1.73. The number of benzene rings is 1. The van der Waals surface area contributed by atoms with Crippen molar-refractivity contribution in [2.24, 2.45) is 0 Å². The lowest BCUT2D eigenvalue weighted by Crippen LogP contribution is -2.20. The fourth-order valence-corrected chi connectivity index (χ4v) is 1.05. The topological polar surface area (TPSA) is 93.1 Å². The zero-order valence-corrected chi connectivity index (χ0v) is 8.91. The first-order valence-electron chi connectivity index (χ1n) is 4.89. The van der Waals surface area contributed by atoms with Crippen molar-refractivity contribution >= 4 is 19.3 Å². The second-order valence-corrected chi connectivity index (χ2v) is 3.10. The zero-order chi connectivity index (χ0) is 12.7. The summed E-state index contributed by atoms with van der Waals surface area (Å²) in [7, 11) is -1.73. The fourth-order valence-electron chi connectivity index (χ4n) is 1.05. The molecule has 0 saturated carbocycles. The number of hydrogen-bond donors (Lipinski definition) is 2. The minimum Gasteiger partial charge on any atom is -0.512 e. The van der Waals surface area contributed by atoms with E-state index in [-0.39, 0.29) is 12.8 Å². The van der Waals surface area contributed by atoms with Crippen LogP contribution < -0.4 is 4.65 Å². The summed E-state index contributed by atoms with van der Waals surface area (Å²) < 4.78 is 8.61. The molecule has 1 aliphatic rings. The van der Waals surface area contributed by atoms with Crippen LogP contribution in [0.1, 0.15) is 12.8 Å². The Morgan fingerprint density at radius 3 is 1.94 bits per heavy atom. The van der Waals surface area contributed by atoms with Gasteiger partial charge in [-0.05, 0) is 12.1 Å². The summed E-state index contributed by atoms with van der Waals surface area (Å²) in [5.41, 5.74) is 0. The van der Waals surface area contributed by atoms with Gasteiger partial charge in [0, 0.05) is 0 Å². The lowest BCUT2D eigenvalue weighted by molar-refractivity contribution is -0.151. The summed E-state index contributed by atoms with van der Waals surface area (Å²) in [5, 5.41) is 16.7. The average molecular weight is 238 g/mol. The molecule has 0 aromatic heterocycles. The van der Waals surface area contributed by atoms with E-state index in [4.69, 9.17) is 10.0 Å². The number of ether oxygens (including phenoxy) is 1. The summed E-state index contributed by atoms with van der Waals surface area (Å²) in [6.45, 7) is 0. The van der Waals surface area contributed by atoms with Crippen molar-refractivity contribution in [3.63, 3.8) is 0 Å². The first-order valence-corrected chi connectivity index (χ1v) is 4.89. The Bertz CT molecular complexity index is 364. The Morgan fingerprint density at radius 1 is 1.06 bits per heavy atom. The monoisotopic (exact) mass is 238 g/mol. The SMILES string of the molecule is O=C1CCC(=O)O1.OB(O)Oc1ccccc1. The molecule has 1 aliphatic heterocycles. The standard InChI is InChI=1S/C6H7BO3.C4H4O3/c8-7(9)10-6-4-2-1-3-5-6;5-3-1-2-4(6)7-3/h1-5,8-9H;1-2H2. The fraction of sp³-hybridized carbons (Fsp3) is 0.200. The van der Waals surface area contributed by atoms with Crippen LogP contribution in [0.4, 0.5) is 0 Å². The maximum Gasteiger partial charge on any atom is 0.707 e. The van der Waals surface area contributed by atoms with Crippen LogP contribution in [0.2, 0.25) is 0 Å². The maximum atomic E-state index is 10.0. The molecule has 0 atom stereocenters. The van der Waals surface area contributed by atoms with Crippen molar-refractivity contribution in [1.29, 1.82) is 0 Å². The third-order valence-electron chi connectivity index (χ3n) is 1.75. The highest BCUT2D eigenvalue weighted by atomic mass is 16.6. The van der Waals surface area contributed by atoms with E-state index in [0.29, 0.717) is 5.75 Å². The van der Waals surface area contributed by atoms with Crippen LogP contribution in [0.3, 0.4) is 0 Å². The van der Waals surface area contributed by atoms with Crippen molar-refractivity contribution in [1.82, 2.24) is 0 Å². The van der Waals surface area contributed by atoms with Crippen LogP contribution in [0, 0.1) is 0 Å². The van der Waals surface area contributed by atoms with Gasteiger partial charge in [0.25, 0.3) is 0 Å². The quantitative estimate of drug-likeness (QED) is 0.424. The molecule has 0 radical (unpaired) electrons. The van der Waals surface area contributed by atoms with Crippen molar-refractivity contribution in [2.75, 3.05) is 0 Å². The van der Waals surface area contributed by atoms with Gasteiger partial charge in [0.1, 0.15) is 5.75 Å². The van der Waals surface area contributed by atoms with Crippen LogP contribution >= 0.6 is 0 Å². The van der Waals surface area contributed by atoms with Crippen molar-refractivity contribution in [2.45, 2.75) is 12.8 Å². The molecule has 0 aliphatic carbocycles. The normalized spacial score (nSPS) is 13.5. The summed E-state index contributed by atoms with van der Waals surface area (Å²) in [5.74, 6) is -0.354. The second-order valence-electron chi connectivity index (χ2n) is 3.10. The number of esters is 2. The molecule has 17 heavy (non-hydrogen) atoms. The molecule has 0 amide bonds. The number of cyclic esters (lactones) is 2. The van der Waals surface area contributed by atoms with Crippen LogP contribution in [-0.4, -0.2) is 29.3 Å². The molecule has 0 bridgehead atoms. The van der Waals surface area contributed by atoms with Crippen molar-refractivity contribution < 1.29 is 29.0 Å². The number of para-hydroxylation sites is 1. The predicted molar refractivity (Wildman–Crippen MR) is 57.6 cm³/mol. The van der Waals surface area contributed by atoms with Crippen LogP contribution in [0.25, 0.3) is 0 Å². The summed E-state index contributed by atoms with van der Waals surface area (Å²) >= 11 is 0. The van der Waals surface area contributed by atoms with Gasteiger partial charge in [-0.15, -0.1) is 0 Å². The smallest absolute Gasteiger partial charge is 0.512 e. The molecule has 1 saturated heterocycles. The molecule has 1 aromatic carbocycles. The third kappa shape index (κ3) is 5.69. The number of carbonyl (C=O) groups is 2. The molecule has 0 unspecified atom stereocenters. The van der Waals surface area contributed by atoms with E-state index in [2.05, 4.69) is 9.39 Å². The van der Waals surface area contributed by atoms with E-state index < -0.39 is 19.3 Å². The van der Waals surface area contributed by atoms with E-state index >= 15 is 0 Å². The van der Waals surface area contributed by atoms with E-state index in [1.54, 1.807) is 24.3 Å². The molecular formula is C10H11BO6. The molecule has 7 heteroatoms. The Hall–Kier alpha value is -1.86. The largest absolute Gasteiger partial charge is 0.707 e. The first kappa shape index (κ1) is 13.2. The zero-order valence-electron chi connectivity index (χ0n) is 8.91. The van der Waals surface area contributed by atoms with E-state index in [9.17, 15) is 9.59 Å². The molecular weight excluding hydrogens is 227 g/mol. The van der Waals surface area contributed by atoms with Gasteiger partial charge in [0.05, 0.1) is 12.8 Å². The molecule has 6 nitrogen and oxygen atoms in total. The van der Waals surface area contributed by atoms with E-state index in [0.717, 1.165) is 0 Å². The highest BCUT2D eigenvalue weighted by Crippen LogP contribution is 2.07. The summed E-state index contributed by atoms with van der Waals surface area (Å²) in [6.07, 6.45) is 0.525. The van der Waals surface area contributed by atoms with Crippen LogP contribution in [-0.2, 0) is 14.3 Å². The van der Waals surface area contributed by atoms with Gasteiger partial charge in [-0.1, -0.05) is 18.2 Å². The van der Waals surface area contributed by atoms with E-state index in [1.165, 1.54) is 0 Å². The lowest BCUT2D eigenvalue weighted by Gasteiger charge is -2.01. The predicted octanol–water partition coefficient (Wildman–Crippen LogP) is -0.115. The van der Waals surface area contributed by atoms with Gasteiger partial charge in [0.2, 0.25) is 0 Å². The molecule has 1 fully saturated rings. The van der Waals surface area contributed by atoms with Gasteiger partial charge in [-0.2, -0.15) is 0 Å². The number of hydrogen-bond acceptors (Lipinski definition) is 6. The molecule has 0 spiro atoms. The third-order valence-corrected chi connectivity index (χ3v) is 1.75. The summed E-state index contributed by atoms with van der Waals surface area (Å²) in [6, 6.07) is 8.59. The minimum absolute atomic E-state index is 0.263. The van der Waals surface area contributed by atoms with Gasteiger partial charge >= 0.3 is 19.3 Å².